The summed E-state index contributed by atoms with van der Waals surface area (Å²) in [7, 11) is 3.19. The van der Waals surface area contributed by atoms with Crippen LogP contribution in [0.1, 0.15) is 0 Å². The molecule has 3 rings (SSSR count). The van der Waals surface area contributed by atoms with Gasteiger partial charge >= 0.3 is 0 Å². The molecule has 0 bridgehead atoms. The average molecular weight is 375 g/mol. The van der Waals surface area contributed by atoms with E-state index >= 15 is 0 Å². The summed E-state index contributed by atoms with van der Waals surface area (Å²) in [6.07, 6.45) is 1.49. The molecule has 0 saturated carbocycles. The van der Waals surface area contributed by atoms with Crippen molar-refractivity contribution >= 4 is 44.0 Å². The number of hydrogen-bond acceptors (Lipinski definition) is 6. The Labute approximate surface area is 141 Å². The van der Waals surface area contributed by atoms with Crippen molar-refractivity contribution in [2.45, 2.75) is 0 Å². The summed E-state index contributed by atoms with van der Waals surface area (Å²) in [6, 6.07) is 9.27. The molecule has 0 fully saturated rings. The van der Waals surface area contributed by atoms with Crippen molar-refractivity contribution in [3.05, 3.63) is 41.1 Å². The lowest BCUT2D eigenvalue weighted by Crippen LogP contribution is -2.00. The van der Waals surface area contributed by atoms with Crippen LogP contribution in [0.5, 0.6) is 11.5 Å². The van der Waals surface area contributed by atoms with E-state index in [2.05, 4.69) is 31.2 Å². The topological polar surface area (TPSA) is 82.3 Å². The quantitative estimate of drug-likeness (QED) is 0.676. The minimum Gasteiger partial charge on any atom is -0.495 e. The molecule has 1 heterocycles. The maximum Gasteiger partial charge on any atom is 0.143 e. The van der Waals surface area contributed by atoms with E-state index in [1.807, 2.05) is 18.2 Å². The van der Waals surface area contributed by atoms with Crippen molar-refractivity contribution in [2.24, 2.45) is 0 Å². The number of anilines is 3. The van der Waals surface area contributed by atoms with Crippen LogP contribution < -0.4 is 20.5 Å². The van der Waals surface area contributed by atoms with Crippen molar-refractivity contribution in [3.63, 3.8) is 0 Å². The van der Waals surface area contributed by atoms with Crippen LogP contribution >= 0.6 is 15.9 Å². The minimum atomic E-state index is 0.527. The zero-order chi connectivity index (χ0) is 16.4. The lowest BCUT2D eigenvalue weighted by molar-refractivity contribution is 0.416. The molecule has 0 spiro atoms. The number of benzene rings is 2. The Morgan fingerprint density at radius 3 is 2.57 bits per heavy atom. The van der Waals surface area contributed by atoms with Gasteiger partial charge < -0.3 is 20.5 Å². The van der Waals surface area contributed by atoms with Gasteiger partial charge in [-0.1, -0.05) is 15.9 Å². The van der Waals surface area contributed by atoms with E-state index in [0.29, 0.717) is 23.0 Å². The van der Waals surface area contributed by atoms with Gasteiger partial charge in [0.2, 0.25) is 0 Å². The van der Waals surface area contributed by atoms with Crippen molar-refractivity contribution in [3.8, 4) is 11.5 Å². The highest BCUT2D eigenvalue weighted by molar-refractivity contribution is 9.10. The molecule has 0 amide bonds. The van der Waals surface area contributed by atoms with Crippen LogP contribution in [0.4, 0.5) is 17.2 Å². The summed E-state index contributed by atoms with van der Waals surface area (Å²) in [5.41, 5.74) is 8.05. The van der Waals surface area contributed by atoms with E-state index < -0.39 is 0 Å². The largest absolute Gasteiger partial charge is 0.495 e. The Morgan fingerprint density at radius 2 is 1.83 bits per heavy atom. The maximum atomic E-state index is 6.00. The third-order valence-electron chi connectivity index (χ3n) is 3.40. The van der Waals surface area contributed by atoms with Crippen molar-refractivity contribution in [1.82, 2.24) is 9.97 Å². The van der Waals surface area contributed by atoms with Gasteiger partial charge in [0, 0.05) is 15.9 Å². The summed E-state index contributed by atoms with van der Waals surface area (Å²) >= 11 is 3.45. The molecule has 118 valence electrons. The first-order valence-corrected chi connectivity index (χ1v) is 7.60. The number of hydrogen-bond donors (Lipinski definition) is 2. The van der Waals surface area contributed by atoms with Gasteiger partial charge in [0.15, 0.2) is 0 Å². The Balaban J connectivity index is 2.10. The third kappa shape index (κ3) is 3.00. The molecule has 3 N–H and O–H groups in total. The number of halogens is 1. The van der Waals surface area contributed by atoms with Gasteiger partial charge in [-0.25, -0.2) is 9.97 Å². The monoisotopic (exact) mass is 374 g/mol. The number of nitrogens with two attached hydrogens (primary N) is 1. The molecular formula is C16H15BrN4O2. The average Bonchev–Trinajstić information content (AvgIpc) is 2.55. The summed E-state index contributed by atoms with van der Waals surface area (Å²) in [5.74, 6) is 1.93. The number of rotatable bonds is 4. The van der Waals surface area contributed by atoms with Gasteiger partial charge in [-0.05, 0) is 24.3 Å². The second kappa shape index (κ2) is 6.29. The summed E-state index contributed by atoms with van der Waals surface area (Å²) < 4.78 is 11.5. The first-order chi connectivity index (χ1) is 11.1. The fraction of sp³-hybridized carbons (Fsp3) is 0.125. The molecule has 0 radical (unpaired) electrons. The SMILES string of the molecule is COc1cc2ncnc(Nc3cc(Br)ccc3OC)c2cc1N. The van der Waals surface area contributed by atoms with E-state index in [1.165, 1.54) is 6.33 Å². The molecular weight excluding hydrogens is 360 g/mol. The number of methoxy groups -OCH3 is 2. The predicted molar refractivity (Wildman–Crippen MR) is 94.5 cm³/mol. The molecule has 1 aromatic heterocycles. The van der Waals surface area contributed by atoms with Gasteiger partial charge in [-0.2, -0.15) is 0 Å². The first kappa shape index (κ1) is 15.4. The molecule has 0 aliphatic heterocycles. The van der Waals surface area contributed by atoms with Crippen molar-refractivity contribution in [2.75, 3.05) is 25.3 Å². The highest BCUT2D eigenvalue weighted by Crippen LogP contribution is 2.34. The highest BCUT2D eigenvalue weighted by Gasteiger charge is 2.11. The van der Waals surface area contributed by atoms with E-state index in [4.69, 9.17) is 15.2 Å². The lowest BCUT2D eigenvalue weighted by atomic mass is 10.2. The van der Waals surface area contributed by atoms with Crippen molar-refractivity contribution < 1.29 is 9.47 Å². The van der Waals surface area contributed by atoms with Crippen LogP contribution in [0, 0.1) is 0 Å². The fourth-order valence-corrected chi connectivity index (χ4v) is 2.64. The van der Waals surface area contributed by atoms with Crippen LogP contribution in [0.15, 0.2) is 41.1 Å². The van der Waals surface area contributed by atoms with Gasteiger partial charge in [-0.15, -0.1) is 0 Å². The molecule has 7 heteroatoms. The van der Waals surface area contributed by atoms with Gasteiger partial charge in [-0.3, -0.25) is 0 Å². The lowest BCUT2D eigenvalue weighted by Gasteiger charge is -2.13. The second-order valence-electron chi connectivity index (χ2n) is 4.80. The zero-order valence-corrected chi connectivity index (χ0v) is 14.2. The minimum absolute atomic E-state index is 0.527. The summed E-state index contributed by atoms with van der Waals surface area (Å²) in [6.45, 7) is 0. The molecule has 23 heavy (non-hydrogen) atoms. The number of nitrogens with one attached hydrogen (secondary N) is 1. The van der Waals surface area contributed by atoms with Crippen LogP contribution in [0.2, 0.25) is 0 Å². The molecule has 3 aromatic rings. The highest BCUT2D eigenvalue weighted by atomic mass is 79.9. The number of aromatic nitrogens is 2. The third-order valence-corrected chi connectivity index (χ3v) is 3.89. The Morgan fingerprint density at radius 1 is 1.04 bits per heavy atom. The van der Waals surface area contributed by atoms with E-state index in [9.17, 15) is 0 Å². The standard InChI is InChI=1S/C16H15BrN4O2/c1-22-14-4-3-9(17)5-13(14)21-16-10-6-11(18)15(23-2)7-12(10)19-8-20-16/h3-8H,18H2,1-2H3,(H,19,20,21). The summed E-state index contributed by atoms with van der Waals surface area (Å²) in [4.78, 5) is 8.58. The van der Waals surface area contributed by atoms with E-state index in [-0.39, 0.29) is 0 Å². The fourth-order valence-electron chi connectivity index (χ4n) is 2.28. The van der Waals surface area contributed by atoms with Gasteiger partial charge in [0.05, 0.1) is 31.1 Å². The smallest absolute Gasteiger partial charge is 0.143 e. The Hall–Kier alpha value is -2.54. The van der Waals surface area contributed by atoms with Gasteiger partial charge in [0.25, 0.3) is 0 Å². The molecule has 0 unspecified atom stereocenters. The normalized spacial score (nSPS) is 10.6. The molecule has 0 aliphatic carbocycles. The number of ether oxygens (including phenoxy) is 2. The predicted octanol–water partition coefficient (Wildman–Crippen LogP) is 3.74. The van der Waals surface area contributed by atoms with Crippen LogP contribution in [-0.4, -0.2) is 24.2 Å². The molecule has 0 saturated heterocycles. The molecule has 0 atom stereocenters. The molecule has 0 aliphatic rings. The molecule has 6 nitrogen and oxygen atoms in total. The summed E-state index contributed by atoms with van der Waals surface area (Å²) in [5, 5.41) is 4.07. The van der Waals surface area contributed by atoms with Crippen LogP contribution in [-0.2, 0) is 0 Å². The van der Waals surface area contributed by atoms with Crippen LogP contribution in [0.25, 0.3) is 10.9 Å². The number of nitrogens with zero attached hydrogens (tertiary/aromatic N) is 2. The number of fused-ring (bicyclic) bond motifs is 1. The Kier molecular flexibility index (Phi) is 4.20. The zero-order valence-electron chi connectivity index (χ0n) is 12.6. The Bertz CT molecular complexity index is 870. The van der Waals surface area contributed by atoms with E-state index in [0.717, 1.165) is 21.1 Å². The number of nitrogen functional groups attached to an aromatic ring is 1. The maximum absolute atomic E-state index is 6.00. The second-order valence-corrected chi connectivity index (χ2v) is 5.72. The van der Waals surface area contributed by atoms with Crippen molar-refractivity contribution in [1.29, 1.82) is 0 Å². The van der Waals surface area contributed by atoms with Gasteiger partial charge in [0.1, 0.15) is 23.6 Å². The van der Waals surface area contributed by atoms with E-state index in [1.54, 1.807) is 26.4 Å². The van der Waals surface area contributed by atoms with Crippen LogP contribution in [0.3, 0.4) is 0 Å². The molecule has 2 aromatic carbocycles. The first-order valence-electron chi connectivity index (χ1n) is 6.81.